The monoisotopic (exact) mass is 264 g/mol. The quantitative estimate of drug-likeness (QED) is 0.848. The van der Waals surface area contributed by atoms with Gasteiger partial charge >= 0.3 is 0 Å². The van der Waals surface area contributed by atoms with Crippen molar-refractivity contribution in [2.75, 3.05) is 32.7 Å². The van der Waals surface area contributed by atoms with Gasteiger partial charge in [0.05, 0.1) is 6.10 Å². The van der Waals surface area contributed by atoms with Crippen molar-refractivity contribution in [1.82, 2.24) is 10.2 Å². The number of benzene rings is 1. The molecule has 1 aromatic carbocycles. The van der Waals surface area contributed by atoms with Gasteiger partial charge in [-0.2, -0.15) is 0 Å². The highest BCUT2D eigenvalue weighted by molar-refractivity contribution is 5.44. The summed E-state index contributed by atoms with van der Waals surface area (Å²) in [4.78, 5) is 2.42. The molecule has 1 heterocycles. The van der Waals surface area contributed by atoms with Crippen molar-refractivity contribution in [3.8, 4) is 11.5 Å². The number of phenols is 1. The number of aromatic hydroxyl groups is 1. The minimum Gasteiger partial charge on any atom is -0.508 e. The number of nitrogens with zero attached hydrogens (tertiary/aromatic N) is 1. The zero-order valence-electron chi connectivity index (χ0n) is 11.9. The van der Waals surface area contributed by atoms with Crippen LogP contribution in [0.2, 0.25) is 0 Å². The van der Waals surface area contributed by atoms with Crippen LogP contribution in [-0.4, -0.2) is 48.8 Å². The standard InChI is InChI=1S/C15H24N2O2/c1-12(2)19-15-5-3-4-14(18)13(15)6-9-17-10-7-16-8-11-17/h3-5,12,16,18H,6-11H2,1-2H3. The van der Waals surface area contributed by atoms with Crippen LogP contribution in [0.25, 0.3) is 0 Å². The predicted molar refractivity (Wildman–Crippen MR) is 76.9 cm³/mol. The summed E-state index contributed by atoms with van der Waals surface area (Å²) in [5.41, 5.74) is 0.926. The molecular formula is C15H24N2O2. The molecule has 1 saturated heterocycles. The molecule has 1 aromatic rings. The van der Waals surface area contributed by atoms with Gasteiger partial charge in [-0.05, 0) is 32.4 Å². The molecular weight excluding hydrogens is 240 g/mol. The van der Waals surface area contributed by atoms with Crippen molar-refractivity contribution in [3.63, 3.8) is 0 Å². The smallest absolute Gasteiger partial charge is 0.126 e. The molecule has 0 atom stereocenters. The van der Waals surface area contributed by atoms with Crippen LogP contribution < -0.4 is 10.1 Å². The largest absolute Gasteiger partial charge is 0.508 e. The van der Waals surface area contributed by atoms with Gasteiger partial charge in [0.25, 0.3) is 0 Å². The third-order valence-corrected chi connectivity index (χ3v) is 3.36. The van der Waals surface area contributed by atoms with Gasteiger partial charge in [-0.25, -0.2) is 0 Å². The average Bonchev–Trinajstić information content (AvgIpc) is 2.38. The van der Waals surface area contributed by atoms with Gasteiger partial charge in [0.1, 0.15) is 11.5 Å². The summed E-state index contributed by atoms with van der Waals surface area (Å²) in [5.74, 6) is 1.15. The Morgan fingerprint density at radius 3 is 2.74 bits per heavy atom. The Hall–Kier alpha value is -1.26. The Kier molecular flexibility index (Phi) is 5.05. The lowest BCUT2D eigenvalue weighted by molar-refractivity contribution is 0.229. The molecule has 106 valence electrons. The zero-order valence-corrected chi connectivity index (χ0v) is 11.9. The van der Waals surface area contributed by atoms with Crippen molar-refractivity contribution in [1.29, 1.82) is 0 Å². The molecule has 0 unspecified atom stereocenters. The van der Waals surface area contributed by atoms with Crippen LogP contribution in [0.5, 0.6) is 11.5 Å². The van der Waals surface area contributed by atoms with Gasteiger partial charge in [0.2, 0.25) is 0 Å². The van der Waals surface area contributed by atoms with Crippen molar-refractivity contribution in [3.05, 3.63) is 23.8 Å². The van der Waals surface area contributed by atoms with Crippen LogP contribution in [0.4, 0.5) is 0 Å². The van der Waals surface area contributed by atoms with Gasteiger partial charge in [-0.3, -0.25) is 0 Å². The SMILES string of the molecule is CC(C)Oc1cccc(O)c1CCN1CCNCC1. The molecule has 2 N–H and O–H groups in total. The summed E-state index contributed by atoms with van der Waals surface area (Å²) in [6.45, 7) is 9.23. The molecule has 0 aliphatic carbocycles. The first-order chi connectivity index (χ1) is 9.16. The molecule has 0 aromatic heterocycles. The number of hydrogen-bond acceptors (Lipinski definition) is 4. The summed E-state index contributed by atoms with van der Waals surface area (Å²) in [7, 11) is 0. The molecule has 4 heteroatoms. The number of rotatable bonds is 5. The van der Waals surface area contributed by atoms with Crippen LogP contribution >= 0.6 is 0 Å². The molecule has 4 nitrogen and oxygen atoms in total. The lowest BCUT2D eigenvalue weighted by atomic mass is 10.1. The van der Waals surface area contributed by atoms with E-state index in [0.29, 0.717) is 5.75 Å². The number of piperazine rings is 1. The van der Waals surface area contributed by atoms with Crippen molar-refractivity contribution in [2.24, 2.45) is 0 Å². The van der Waals surface area contributed by atoms with E-state index in [4.69, 9.17) is 4.74 Å². The highest BCUT2D eigenvalue weighted by Gasteiger charge is 2.14. The van der Waals surface area contributed by atoms with Crippen LogP contribution in [0.3, 0.4) is 0 Å². The molecule has 0 radical (unpaired) electrons. The Balaban J connectivity index is 2.01. The fraction of sp³-hybridized carbons (Fsp3) is 0.600. The van der Waals surface area contributed by atoms with E-state index >= 15 is 0 Å². The molecule has 1 fully saturated rings. The van der Waals surface area contributed by atoms with E-state index in [2.05, 4.69) is 10.2 Å². The summed E-state index contributed by atoms with van der Waals surface area (Å²) < 4.78 is 5.78. The fourth-order valence-electron chi connectivity index (χ4n) is 2.37. The second-order valence-electron chi connectivity index (χ2n) is 5.26. The normalized spacial score (nSPS) is 16.8. The molecule has 0 amide bonds. The first-order valence-electron chi connectivity index (χ1n) is 7.07. The fourth-order valence-corrected chi connectivity index (χ4v) is 2.37. The topological polar surface area (TPSA) is 44.7 Å². The summed E-state index contributed by atoms with van der Waals surface area (Å²) in [6, 6.07) is 5.51. The Morgan fingerprint density at radius 2 is 2.05 bits per heavy atom. The van der Waals surface area contributed by atoms with Crippen molar-refractivity contribution < 1.29 is 9.84 Å². The van der Waals surface area contributed by atoms with E-state index in [9.17, 15) is 5.11 Å². The minimum atomic E-state index is 0.125. The maximum absolute atomic E-state index is 10.0. The molecule has 19 heavy (non-hydrogen) atoms. The van der Waals surface area contributed by atoms with Crippen LogP contribution in [0.1, 0.15) is 19.4 Å². The molecule has 1 aliphatic rings. The third kappa shape index (κ3) is 4.11. The van der Waals surface area contributed by atoms with Crippen LogP contribution in [-0.2, 0) is 6.42 Å². The van der Waals surface area contributed by atoms with Crippen molar-refractivity contribution in [2.45, 2.75) is 26.4 Å². The molecule has 1 aliphatic heterocycles. The summed E-state index contributed by atoms with van der Waals surface area (Å²) in [6.07, 6.45) is 0.953. The maximum atomic E-state index is 10.0. The van der Waals surface area contributed by atoms with Gasteiger partial charge < -0.3 is 20.1 Å². The number of hydrogen-bond donors (Lipinski definition) is 2. The van der Waals surface area contributed by atoms with E-state index < -0.39 is 0 Å². The van der Waals surface area contributed by atoms with Gasteiger partial charge in [0, 0.05) is 38.3 Å². The highest BCUT2D eigenvalue weighted by Crippen LogP contribution is 2.29. The molecule has 0 saturated carbocycles. The van der Waals surface area contributed by atoms with E-state index in [1.165, 1.54) is 0 Å². The van der Waals surface area contributed by atoms with Crippen LogP contribution in [0, 0.1) is 0 Å². The van der Waals surface area contributed by atoms with E-state index in [1.54, 1.807) is 6.07 Å². The van der Waals surface area contributed by atoms with Gasteiger partial charge in [-0.1, -0.05) is 6.07 Å². The number of phenolic OH excluding ortho intramolecular Hbond substituents is 1. The molecule has 0 spiro atoms. The van der Waals surface area contributed by atoms with Crippen LogP contribution in [0.15, 0.2) is 18.2 Å². The second-order valence-corrected chi connectivity index (χ2v) is 5.26. The first-order valence-corrected chi connectivity index (χ1v) is 7.07. The minimum absolute atomic E-state index is 0.125. The Morgan fingerprint density at radius 1 is 1.32 bits per heavy atom. The van der Waals surface area contributed by atoms with Gasteiger partial charge in [-0.15, -0.1) is 0 Å². The average molecular weight is 264 g/mol. The van der Waals surface area contributed by atoms with E-state index in [-0.39, 0.29) is 6.10 Å². The maximum Gasteiger partial charge on any atom is 0.126 e. The van der Waals surface area contributed by atoms with Gasteiger partial charge in [0.15, 0.2) is 0 Å². The van der Waals surface area contributed by atoms with E-state index in [0.717, 1.165) is 50.5 Å². The zero-order chi connectivity index (χ0) is 13.7. The first kappa shape index (κ1) is 14.2. The number of ether oxygens (including phenoxy) is 1. The summed E-state index contributed by atoms with van der Waals surface area (Å²) >= 11 is 0. The predicted octanol–water partition coefficient (Wildman–Crippen LogP) is 1.63. The highest BCUT2D eigenvalue weighted by atomic mass is 16.5. The number of nitrogens with one attached hydrogen (secondary N) is 1. The lowest BCUT2D eigenvalue weighted by Gasteiger charge is -2.27. The second kappa shape index (κ2) is 6.78. The van der Waals surface area contributed by atoms with E-state index in [1.807, 2.05) is 26.0 Å². The lowest BCUT2D eigenvalue weighted by Crippen LogP contribution is -2.44. The third-order valence-electron chi connectivity index (χ3n) is 3.36. The van der Waals surface area contributed by atoms with Crippen molar-refractivity contribution >= 4 is 0 Å². The Bertz CT molecular complexity index is 401. The summed E-state index contributed by atoms with van der Waals surface area (Å²) in [5, 5.41) is 13.4. The molecule has 2 rings (SSSR count). The molecule has 0 bridgehead atoms. The Labute approximate surface area is 115 Å².